The molecule has 0 saturated carbocycles. The molecule has 0 unspecified atom stereocenters. The molecular formula is C41H47NO20. The molecule has 5 heterocycles. The summed E-state index contributed by atoms with van der Waals surface area (Å²) in [6, 6.07) is 15.9. The average molecular weight is 874 g/mol. The lowest BCUT2D eigenvalue weighted by Gasteiger charge is -2.48. The molecular weight excluding hydrogens is 826 g/mol. The molecule has 336 valence electrons. The van der Waals surface area contributed by atoms with Gasteiger partial charge in [0.15, 0.2) is 12.6 Å². The molecule has 1 aliphatic carbocycles. The summed E-state index contributed by atoms with van der Waals surface area (Å²) < 4.78 is 42.9. The van der Waals surface area contributed by atoms with Gasteiger partial charge in [-0.1, -0.05) is 30.3 Å². The number of phenols is 2. The highest BCUT2D eigenvalue weighted by molar-refractivity contribution is 5.88. The fourth-order valence-electron chi connectivity index (χ4n) is 9.29. The lowest BCUT2D eigenvalue weighted by molar-refractivity contribution is -0.392. The van der Waals surface area contributed by atoms with Crippen molar-refractivity contribution in [3.63, 3.8) is 0 Å². The zero-order valence-electron chi connectivity index (χ0n) is 32.4. The van der Waals surface area contributed by atoms with E-state index in [1.165, 1.54) is 24.3 Å². The van der Waals surface area contributed by atoms with E-state index in [1.54, 1.807) is 18.2 Å². The standard InChI is InChI=1S/C41H47NO20/c43-11-21-29(48)32(51)35(54)38(57-21)56-16-9-19(47)25-20(10-16)61-41(26(14-5-7-15(46)8-6-14)24-17-3-1-2-4-18(17)42-28(24)27(25)41)62-40-37(34(53)31(50)23(13-45)59-40)60-39-36(55)33(52)30(49)22(12-44)58-39/h1-10,21-23,26-27,29-40,42-55H,11-13H2/t21-,22-,23-,26-,27-,29-,30-,31-,32+,33+,34+,35-,36-,37-,38-,39+,40+,41-/m1/s1. The summed E-state index contributed by atoms with van der Waals surface area (Å²) in [7, 11) is 0. The van der Waals surface area contributed by atoms with Crippen LogP contribution in [0.4, 0.5) is 0 Å². The van der Waals surface area contributed by atoms with Crippen LogP contribution >= 0.6 is 0 Å². The number of ether oxygens (including phenoxy) is 7. The van der Waals surface area contributed by atoms with Crippen LogP contribution in [0, 0.1) is 0 Å². The first kappa shape index (κ1) is 43.0. The van der Waals surface area contributed by atoms with Gasteiger partial charge >= 0.3 is 0 Å². The zero-order valence-corrected chi connectivity index (χ0v) is 32.4. The molecule has 0 spiro atoms. The van der Waals surface area contributed by atoms with E-state index >= 15 is 0 Å². The number of para-hydroxylation sites is 1. The minimum Gasteiger partial charge on any atom is -0.508 e. The fraction of sp³-hybridized carbons (Fsp3) is 0.512. The maximum atomic E-state index is 11.9. The number of aromatic amines is 1. The lowest BCUT2D eigenvalue weighted by atomic mass is 9.84. The molecule has 1 aromatic heterocycles. The monoisotopic (exact) mass is 873 g/mol. The number of aromatic hydroxyl groups is 2. The van der Waals surface area contributed by atoms with E-state index in [0.29, 0.717) is 27.7 Å². The van der Waals surface area contributed by atoms with E-state index in [9.17, 15) is 66.4 Å². The van der Waals surface area contributed by atoms with E-state index in [-0.39, 0.29) is 22.8 Å². The summed E-state index contributed by atoms with van der Waals surface area (Å²) in [6.45, 7) is -2.39. The van der Waals surface area contributed by atoms with Crippen LogP contribution in [0.1, 0.15) is 34.2 Å². The number of aromatic nitrogens is 1. The van der Waals surface area contributed by atoms with Crippen molar-refractivity contribution in [3.05, 3.63) is 83.0 Å². The van der Waals surface area contributed by atoms with Crippen molar-refractivity contribution in [2.24, 2.45) is 0 Å². The van der Waals surface area contributed by atoms with Gasteiger partial charge in [-0.3, -0.25) is 0 Å². The second kappa shape index (κ2) is 16.4. The molecule has 3 fully saturated rings. The number of fused-ring (bicyclic) bond motifs is 7. The predicted octanol–water partition coefficient (Wildman–Crippen LogP) is -3.24. The molecule has 21 heteroatoms. The minimum atomic E-state index is -2.09. The number of phenolic OH excluding ortho intramolecular Hbond substituents is 2. The smallest absolute Gasteiger partial charge is 0.236 e. The van der Waals surface area contributed by atoms with Crippen LogP contribution < -0.4 is 9.47 Å². The van der Waals surface area contributed by atoms with Crippen molar-refractivity contribution >= 4 is 10.9 Å². The Morgan fingerprint density at radius 3 is 1.82 bits per heavy atom. The summed E-state index contributed by atoms with van der Waals surface area (Å²) in [5.41, 5.74) is 2.39. The normalized spacial score (nSPS) is 40.1. The summed E-state index contributed by atoms with van der Waals surface area (Å²) in [5, 5.41) is 139. The van der Waals surface area contributed by atoms with Gasteiger partial charge in [0.25, 0.3) is 0 Å². The number of aliphatic hydroxyl groups excluding tert-OH is 11. The van der Waals surface area contributed by atoms with E-state index in [4.69, 9.17) is 33.2 Å². The third-order valence-corrected chi connectivity index (χ3v) is 12.4. The van der Waals surface area contributed by atoms with Gasteiger partial charge in [-0.25, -0.2) is 0 Å². The third-order valence-electron chi connectivity index (χ3n) is 12.4. The Hall–Kier alpha value is -4.24. The molecule has 62 heavy (non-hydrogen) atoms. The highest BCUT2D eigenvalue weighted by Crippen LogP contribution is 2.66. The number of nitrogens with one attached hydrogen (secondary N) is 1. The van der Waals surface area contributed by atoms with Crippen molar-refractivity contribution < 1.29 is 99.5 Å². The van der Waals surface area contributed by atoms with Crippen LogP contribution in [0.25, 0.3) is 10.9 Å². The second-order valence-corrected chi connectivity index (χ2v) is 16.1. The van der Waals surface area contributed by atoms with Crippen molar-refractivity contribution in [2.75, 3.05) is 19.8 Å². The number of H-pyrrole nitrogens is 1. The molecule has 4 aliphatic heterocycles. The van der Waals surface area contributed by atoms with Crippen molar-refractivity contribution in [3.8, 4) is 23.0 Å². The first-order chi connectivity index (χ1) is 29.7. The van der Waals surface area contributed by atoms with Gasteiger partial charge in [0.1, 0.15) is 96.2 Å². The molecule has 3 aromatic carbocycles. The molecule has 14 N–H and O–H groups in total. The number of hydrogen-bond acceptors (Lipinski definition) is 20. The molecule has 3 saturated heterocycles. The molecule has 0 bridgehead atoms. The molecule has 21 nitrogen and oxygen atoms in total. The van der Waals surface area contributed by atoms with Crippen LogP contribution in [0.5, 0.6) is 23.0 Å². The first-order valence-electron chi connectivity index (χ1n) is 19.9. The zero-order chi connectivity index (χ0) is 43.9. The summed E-state index contributed by atoms with van der Waals surface area (Å²) >= 11 is 0. The summed E-state index contributed by atoms with van der Waals surface area (Å²) in [4.78, 5) is 3.42. The lowest BCUT2D eigenvalue weighted by Crippen LogP contribution is -2.66. The van der Waals surface area contributed by atoms with Crippen LogP contribution in [-0.2, 0) is 23.7 Å². The topological polar surface area (TPSA) is 343 Å². The maximum absolute atomic E-state index is 11.9. The quantitative estimate of drug-likeness (QED) is 0.0745. The fourth-order valence-corrected chi connectivity index (χ4v) is 9.29. The van der Waals surface area contributed by atoms with E-state index in [1.807, 2.05) is 18.2 Å². The van der Waals surface area contributed by atoms with Gasteiger partial charge in [0, 0.05) is 28.7 Å². The Morgan fingerprint density at radius 2 is 1.18 bits per heavy atom. The van der Waals surface area contributed by atoms with Gasteiger partial charge in [-0.2, -0.15) is 0 Å². The SMILES string of the molecule is OC[C@H]1O[C@@H](Oc2cc(O)c3c(c2)O[C@@]2(O[C@@H]4O[C@H](CO)[C@@H](O)[C@H](O)[C@H]4O[C@@H]4O[C@H](CO)[C@@H](O)[C@H](O)[C@H]4O)[C@H](c4ccc(O)cc4)c4c([nH]c5ccccc45)[C@@H]32)[C@H](O)[C@@H](O)[C@@H]1O. The van der Waals surface area contributed by atoms with Crippen LogP contribution in [-0.4, -0.2) is 189 Å². The van der Waals surface area contributed by atoms with Crippen LogP contribution in [0.3, 0.4) is 0 Å². The van der Waals surface area contributed by atoms with E-state index < -0.39 is 135 Å². The largest absolute Gasteiger partial charge is 0.508 e. The highest BCUT2D eigenvalue weighted by atomic mass is 16.8. The van der Waals surface area contributed by atoms with Crippen LogP contribution in [0.2, 0.25) is 0 Å². The van der Waals surface area contributed by atoms with Gasteiger partial charge in [0.2, 0.25) is 12.1 Å². The van der Waals surface area contributed by atoms with Gasteiger partial charge < -0.3 is 105 Å². The van der Waals surface area contributed by atoms with Gasteiger partial charge in [0.05, 0.1) is 37.2 Å². The van der Waals surface area contributed by atoms with Gasteiger partial charge in [-0.15, -0.1) is 0 Å². The van der Waals surface area contributed by atoms with E-state index in [2.05, 4.69) is 4.98 Å². The Morgan fingerprint density at radius 1 is 0.597 bits per heavy atom. The number of aliphatic hydroxyl groups is 11. The number of rotatable bonds is 10. The number of benzene rings is 3. The molecule has 0 radical (unpaired) electrons. The third kappa shape index (κ3) is 6.80. The van der Waals surface area contributed by atoms with Crippen molar-refractivity contribution in [1.29, 1.82) is 0 Å². The number of hydrogen-bond donors (Lipinski definition) is 14. The predicted molar refractivity (Wildman–Crippen MR) is 203 cm³/mol. The Balaban J connectivity index is 1.18. The Kier molecular flexibility index (Phi) is 11.4. The van der Waals surface area contributed by atoms with Crippen molar-refractivity contribution in [2.45, 2.75) is 110 Å². The summed E-state index contributed by atoms with van der Waals surface area (Å²) in [6.07, 6.45) is -26.2. The molecule has 4 aromatic rings. The maximum Gasteiger partial charge on any atom is 0.236 e. The molecule has 0 amide bonds. The van der Waals surface area contributed by atoms with Crippen LogP contribution in [0.15, 0.2) is 60.7 Å². The Bertz CT molecular complexity index is 2240. The second-order valence-electron chi connectivity index (χ2n) is 16.1. The summed E-state index contributed by atoms with van der Waals surface area (Å²) in [5.74, 6) is -4.99. The first-order valence-corrected chi connectivity index (χ1v) is 19.9. The van der Waals surface area contributed by atoms with E-state index in [0.717, 1.165) is 0 Å². The van der Waals surface area contributed by atoms with Crippen molar-refractivity contribution in [1.82, 2.24) is 4.98 Å². The van der Waals surface area contributed by atoms with Gasteiger partial charge in [-0.05, 0) is 29.3 Å². The Labute approximate surface area is 350 Å². The highest BCUT2D eigenvalue weighted by Gasteiger charge is 2.67. The average Bonchev–Trinajstić information content (AvgIpc) is 3.87. The minimum absolute atomic E-state index is 0.0656. The molecule has 18 atom stereocenters. The molecule has 5 aliphatic rings. The molecule has 9 rings (SSSR count).